The lowest BCUT2D eigenvalue weighted by Crippen LogP contribution is -2.57. The molecule has 2 heterocycles. The molecule has 2 fully saturated rings. The number of nitrogens with zero attached hydrogens (tertiary/aromatic N) is 1. The van der Waals surface area contributed by atoms with E-state index >= 15 is 0 Å². The normalized spacial score (nSPS) is 26.5. The first-order valence-corrected chi connectivity index (χ1v) is 8.76. The Balaban J connectivity index is 1.68. The second kappa shape index (κ2) is 5.74. The largest absolute Gasteiger partial charge is 0.497 e. The zero-order valence-corrected chi connectivity index (χ0v) is 15.4. The van der Waals surface area contributed by atoms with Crippen molar-refractivity contribution in [1.29, 1.82) is 0 Å². The fourth-order valence-corrected chi connectivity index (χ4v) is 3.63. The van der Waals surface area contributed by atoms with Gasteiger partial charge in [-0.05, 0) is 38.5 Å². The SMILES string of the molecule is COc1ccc(C23O[C@H]2[C@H](c2ccccc2)N3C(=O)OC(C)(C)C)cc1. The Kier molecular flexibility index (Phi) is 3.74. The Bertz CT molecular complexity index is 812. The quantitative estimate of drug-likeness (QED) is 0.775. The van der Waals surface area contributed by atoms with Crippen LogP contribution in [-0.2, 0) is 15.2 Å². The van der Waals surface area contributed by atoms with Gasteiger partial charge in [0, 0.05) is 5.56 Å². The molecule has 0 N–H and O–H groups in total. The molecule has 2 aromatic carbocycles. The van der Waals surface area contributed by atoms with Crippen molar-refractivity contribution in [3.8, 4) is 5.75 Å². The van der Waals surface area contributed by atoms with E-state index in [1.54, 1.807) is 12.0 Å². The van der Waals surface area contributed by atoms with Crippen LogP contribution in [-0.4, -0.2) is 29.8 Å². The second-order valence-electron chi connectivity index (χ2n) is 7.67. The van der Waals surface area contributed by atoms with E-state index in [4.69, 9.17) is 14.2 Å². The molecule has 2 aliphatic rings. The van der Waals surface area contributed by atoms with E-state index in [1.807, 2.05) is 75.4 Å². The molecule has 0 spiro atoms. The van der Waals surface area contributed by atoms with Gasteiger partial charge < -0.3 is 14.2 Å². The number of methoxy groups -OCH3 is 1. The van der Waals surface area contributed by atoms with Crippen molar-refractivity contribution in [2.75, 3.05) is 7.11 Å². The van der Waals surface area contributed by atoms with E-state index in [-0.39, 0.29) is 18.2 Å². The minimum absolute atomic E-state index is 0.0641. The van der Waals surface area contributed by atoms with Crippen molar-refractivity contribution in [3.63, 3.8) is 0 Å². The summed E-state index contributed by atoms with van der Waals surface area (Å²) < 4.78 is 17.0. The minimum Gasteiger partial charge on any atom is -0.497 e. The third kappa shape index (κ3) is 2.54. The average Bonchev–Trinajstić information content (AvgIpc) is 3.22. The molecule has 2 saturated heterocycles. The first-order chi connectivity index (χ1) is 12.4. The van der Waals surface area contributed by atoms with Gasteiger partial charge in [0.15, 0.2) is 0 Å². The van der Waals surface area contributed by atoms with Crippen LogP contribution in [0.1, 0.15) is 37.9 Å². The topological polar surface area (TPSA) is 51.3 Å². The van der Waals surface area contributed by atoms with E-state index in [0.29, 0.717) is 0 Å². The van der Waals surface area contributed by atoms with Crippen LogP contribution in [0.25, 0.3) is 0 Å². The molecule has 5 heteroatoms. The van der Waals surface area contributed by atoms with Crippen molar-refractivity contribution in [2.24, 2.45) is 0 Å². The zero-order valence-electron chi connectivity index (χ0n) is 15.4. The van der Waals surface area contributed by atoms with Gasteiger partial charge in [-0.2, -0.15) is 0 Å². The number of hydrogen-bond donors (Lipinski definition) is 0. The monoisotopic (exact) mass is 353 g/mol. The smallest absolute Gasteiger partial charge is 0.413 e. The van der Waals surface area contributed by atoms with Gasteiger partial charge in [-0.25, -0.2) is 4.79 Å². The van der Waals surface area contributed by atoms with Crippen LogP contribution in [0, 0.1) is 0 Å². The minimum atomic E-state index is -0.741. The molecule has 2 aliphatic heterocycles. The molecule has 3 atom stereocenters. The molecule has 2 aromatic rings. The summed E-state index contributed by atoms with van der Waals surface area (Å²) in [5.41, 5.74) is 0.667. The van der Waals surface area contributed by atoms with Crippen molar-refractivity contribution in [1.82, 2.24) is 4.90 Å². The number of fused-ring (bicyclic) bond motifs is 1. The van der Waals surface area contributed by atoms with Crippen LogP contribution < -0.4 is 4.74 Å². The molecule has 0 bridgehead atoms. The molecule has 136 valence electrons. The highest BCUT2D eigenvalue weighted by molar-refractivity contribution is 5.74. The third-order valence-corrected chi connectivity index (χ3v) is 4.79. The summed E-state index contributed by atoms with van der Waals surface area (Å²) in [6.45, 7) is 5.61. The number of likely N-dealkylation sites (tertiary alicyclic amines) is 1. The molecule has 0 aliphatic carbocycles. The number of benzene rings is 2. The average molecular weight is 353 g/mol. The summed E-state index contributed by atoms with van der Waals surface area (Å²) in [6.07, 6.45) is -0.429. The predicted octanol–water partition coefficient (Wildman–Crippen LogP) is 4.24. The molecule has 5 nitrogen and oxygen atoms in total. The van der Waals surface area contributed by atoms with E-state index < -0.39 is 11.3 Å². The maximum absolute atomic E-state index is 13.0. The van der Waals surface area contributed by atoms with Crippen LogP contribution in [0.4, 0.5) is 4.79 Å². The van der Waals surface area contributed by atoms with Gasteiger partial charge in [0.2, 0.25) is 5.72 Å². The number of epoxide rings is 1. The molecular formula is C21H23NO4. The molecule has 0 saturated carbocycles. The van der Waals surface area contributed by atoms with Gasteiger partial charge in [0.25, 0.3) is 0 Å². The summed E-state index contributed by atoms with van der Waals surface area (Å²) in [7, 11) is 1.63. The summed E-state index contributed by atoms with van der Waals surface area (Å²) in [6, 6.07) is 17.4. The van der Waals surface area contributed by atoms with Crippen molar-refractivity contribution in [2.45, 2.75) is 44.2 Å². The molecule has 0 aromatic heterocycles. The second-order valence-corrected chi connectivity index (χ2v) is 7.67. The number of ether oxygens (including phenoxy) is 3. The summed E-state index contributed by atoms with van der Waals surface area (Å²) in [5.74, 6) is 0.769. The lowest BCUT2D eigenvalue weighted by Gasteiger charge is -2.44. The fraction of sp³-hybridized carbons (Fsp3) is 0.381. The van der Waals surface area contributed by atoms with Gasteiger partial charge in [0.05, 0.1) is 13.2 Å². The van der Waals surface area contributed by atoms with Crippen LogP contribution in [0.5, 0.6) is 5.75 Å². The van der Waals surface area contributed by atoms with Crippen LogP contribution in [0.15, 0.2) is 54.6 Å². The molecule has 1 amide bonds. The molecule has 4 rings (SSSR count). The molecule has 26 heavy (non-hydrogen) atoms. The Morgan fingerprint density at radius 2 is 1.73 bits per heavy atom. The molecule has 0 radical (unpaired) electrons. The van der Waals surface area contributed by atoms with E-state index in [2.05, 4.69) is 0 Å². The highest BCUT2D eigenvalue weighted by atomic mass is 16.7. The first-order valence-electron chi connectivity index (χ1n) is 8.76. The number of carbonyl (C=O) groups is 1. The van der Waals surface area contributed by atoms with Gasteiger partial charge in [-0.3, -0.25) is 4.90 Å². The Morgan fingerprint density at radius 1 is 1.08 bits per heavy atom. The van der Waals surface area contributed by atoms with E-state index in [1.165, 1.54) is 0 Å². The fourth-order valence-electron chi connectivity index (χ4n) is 3.63. The van der Waals surface area contributed by atoms with E-state index in [9.17, 15) is 4.79 Å². The van der Waals surface area contributed by atoms with Crippen molar-refractivity contribution in [3.05, 3.63) is 65.7 Å². The number of rotatable bonds is 3. The van der Waals surface area contributed by atoms with Crippen molar-refractivity contribution >= 4 is 6.09 Å². The zero-order chi connectivity index (χ0) is 18.5. The lowest BCUT2D eigenvalue weighted by atomic mass is 9.84. The van der Waals surface area contributed by atoms with Crippen molar-refractivity contribution < 1.29 is 19.0 Å². The highest BCUT2D eigenvalue weighted by Crippen LogP contribution is 2.67. The van der Waals surface area contributed by atoms with Gasteiger partial charge >= 0.3 is 6.09 Å². The standard InChI is InChI=1S/C21H23NO4/c1-20(2,3)26-19(23)22-17(14-8-6-5-7-9-14)18-21(22,25-18)15-10-12-16(24-4)13-11-15/h5-13,17-18H,1-4H3/t17-,18-,21?/m0/s1. The Hall–Kier alpha value is -2.53. The van der Waals surface area contributed by atoms with Crippen LogP contribution >= 0.6 is 0 Å². The van der Waals surface area contributed by atoms with Crippen LogP contribution in [0.3, 0.4) is 0 Å². The Labute approximate surface area is 153 Å². The highest BCUT2D eigenvalue weighted by Gasteiger charge is 2.79. The molecule has 1 unspecified atom stereocenters. The third-order valence-electron chi connectivity index (χ3n) is 4.79. The summed E-state index contributed by atoms with van der Waals surface area (Å²) >= 11 is 0. The summed E-state index contributed by atoms with van der Waals surface area (Å²) in [5, 5.41) is 0. The van der Waals surface area contributed by atoms with Gasteiger partial charge in [0.1, 0.15) is 17.5 Å². The number of hydrogen-bond acceptors (Lipinski definition) is 4. The maximum atomic E-state index is 13.0. The number of amides is 1. The van der Waals surface area contributed by atoms with Gasteiger partial charge in [-0.15, -0.1) is 0 Å². The van der Waals surface area contributed by atoms with Crippen LogP contribution in [0.2, 0.25) is 0 Å². The predicted molar refractivity (Wildman–Crippen MR) is 96.8 cm³/mol. The first kappa shape index (κ1) is 16.9. The Morgan fingerprint density at radius 3 is 2.31 bits per heavy atom. The van der Waals surface area contributed by atoms with E-state index in [0.717, 1.165) is 16.9 Å². The number of carbonyl (C=O) groups excluding carboxylic acids is 1. The van der Waals surface area contributed by atoms with Gasteiger partial charge in [-0.1, -0.05) is 42.5 Å². The maximum Gasteiger partial charge on any atom is 0.413 e. The summed E-state index contributed by atoms with van der Waals surface area (Å²) in [4.78, 5) is 14.7. The lowest BCUT2D eigenvalue weighted by molar-refractivity contribution is -0.0351. The molecular weight excluding hydrogens is 330 g/mol.